The molecule has 0 aliphatic heterocycles. The van der Waals surface area contributed by atoms with Gasteiger partial charge in [0.1, 0.15) is 17.3 Å². The molecule has 2 rings (SSSR count). The summed E-state index contributed by atoms with van der Waals surface area (Å²) in [5.74, 6) is 0.436. The largest absolute Gasteiger partial charge is 0.497 e. The van der Waals surface area contributed by atoms with Crippen molar-refractivity contribution in [1.29, 1.82) is 0 Å². The number of rotatable bonds is 8. The van der Waals surface area contributed by atoms with E-state index in [2.05, 4.69) is 5.32 Å². The molecule has 0 aliphatic rings. The Kier molecular flexibility index (Phi) is 6.93. The van der Waals surface area contributed by atoms with Gasteiger partial charge in [0.25, 0.3) is 0 Å². The Labute approximate surface area is 143 Å². The molecule has 0 aromatic heterocycles. The number of halogens is 1. The molecule has 24 heavy (non-hydrogen) atoms. The zero-order chi connectivity index (χ0) is 17.4. The molecular formula is C18H20FNO3S. The zero-order valence-corrected chi connectivity index (χ0v) is 14.3. The van der Waals surface area contributed by atoms with Crippen LogP contribution in [0.5, 0.6) is 5.75 Å². The first-order valence-electron chi connectivity index (χ1n) is 7.56. The van der Waals surface area contributed by atoms with Crippen LogP contribution in [0.2, 0.25) is 0 Å². The molecule has 1 N–H and O–H groups in total. The van der Waals surface area contributed by atoms with Crippen molar-refractivity contribution in [2.75, 3.05) is 19.4 Å². The van der Waals surface area contributed by atoms with E-state index in [0.29, 0.717) is 24.5 Å². The van der Waals surface area contributed by atoms with Gasteiger partial charge in [0, 0.05) is 23.1 Å². The van der Waals surface area contributed by atoms with Gasteiger partial charge in [-0.25, -0.2) is 4.39 Å². The molecule has 0 heterocycles. The predicted molar refractivity (Wildman–Crippen MR) is 92.8 cm³/mol. The Balaban J connectivity index is 1.73. The molecule has 0 bridgehead atoms. The number of amides is 1. The third-order valence-electron chi connectivity index (χ3n) is 3.40. The molecule has 2 aromatic carbocycles. The SMILES string of the molecule is COc1cccc(CS(=O)CC(=O)NCCc2ccc(F)cc2)c1. The van der Waals surface area contributed by atoms with Gasteiger partial charge in [-0.1, -0.05) is 24.3 Å². The summed E-state index contributed by atoms with van der Waals surface area (Å²) in [5, 5.41) is 2.73. The van der Waals surface area contributed by atoms with Gasteiger partial charge in [-0.2, -0.15) is 0 Å². The first-order valence-corrected chi connectivity index (χ1v) is 9.04. The average molecular weight is 349 g/mol. The maximum absolute atomic E-state index is 12.8. The number of carbonyl (C=O) groups excluding carboxylic acids is 1. The molecule has 0 saturated heterocycles. The van der Waals surface area contributed by atoms with Crippen molar-refractivity contribution in [2.45, 2.75) is 12.2 Å². The van der Waals surface area contributed by atoms with Crippen LogP contribution in [-0.4, -0.2) is 29.5 Å². The van der Waals surface area contributed by atoms with E-state index in [0.717, 1.165) is 11.1 Å². The average Bonchev–Trinajstić information content (AvgIpc) is 2.56. The van der Waals surface area contributed by atoms with Crippen molar-refractivity contribution in [3.05, 3.63) is 65.5 Å². The number of ether oxygens (including phenoxy) is 1. The number of hydrogen-bond acceptors (Lipinski definition) is 3. The van der Waals surface area contributed by atoms with E-state index in [1.807, 2.05) is 24.3 Å². The summed E-state index contributed by atoms with van der Waals surface area (Å²) in [5.41, 5.74) is 1.81. The highest BCUT2D eigenvalue weighted by Gasteiger charge is 2.09. The van der Waals surface area contributed by atoms with Gasteiger partial charge in [0.2, 0.25) is 5.91 Å². The second-order valence-corrected chi connectivity index (χ2v) is 6.76. The number of nitrogens with one attached hydrogen (secondary N) is 1. The van der Waals surface area contributed by atoms with Crippen LogP contribution in [-0.2, 0) is 27.8 Å². The highest BCUT2D eigenvalue weighted by Crippen LogP contribution is 2.14. The fourth-order valence-electron chi connectivity index (χ4n) is 2.19. The summed E-state index contributed by atoms with van der Waals surface area (Å²) < 4.78 is 30.0. The molecule has 4 nitrogen and oxygen atoms in total. The van der Waals surface area contributed by atoms with Crippen LogP contribution in [0.3, 0.4) is 0 Å². The van der Waals surface area contributed by atoms with E-state index in [-0.39, 0.29) is 17.5 Å². The van der Waals surface area contributed by atoms with Gasteiger partial charge in [0.15, 0.2) is 0 Å². The van der Waals surface area contributed by atoms with Crippen LogP contribution >= 0.6 is 0 Å². The summed E-state index contributed by atoms with van der Waals surface area (Å²) in [6.07, 6.45) is 0.606. The second-order valence-electron chi connectivity index (χ2n) is 5.31. The molecule has 0 radical (unpaired) electrons. The molecule has 1 amide bonds. The molecule has 128 valence electrons. The molecule has 6 heteroatoms. The predicted octanol–water partition coefficient (Wildman–Crippen LogP) is 2.44. The Morgan fingerprint density at radius 2 is 1.92 bits per heavy atom. The number of carbonyl (C=O) groups is 1. The molecule has 0 fully saturated rings. The van der Waals surface area contributed by atoms with Crippen molar-refractivity contribution in [2.24, 2.45) is 0 Å². The fourth-order valence-corrected chi connectivity index (χ4v) is 3.24. The molecular weight excluding hydrogens is 329 g/mol. The quantitative estimate of drug-likeness (QED) is 0.796. The Hall–Kier alpha value is -2.21. The lowest BCUT2D eigenvalue weighted by Crippen LogP contribution is -2.30. The molecule has 0 aliphatic carbocycles. The van der Waals surface area contributed by atoms with Crippen molar-refractivity contribution < 1.29 is 18.1 Å². The highest BCUT2D eigenvalue weighted by atomic mass is 32.2. The van der Waals surface area contributed by atoms with E-state index in [1.165, 1.54) is 12.1 Å². The topological polar surface area (TPSA) is 55.4 Å². The molecule has 1 atom stereocenters. The Bertz CT molecular complexity index is 704. The molecule has 2 aromatic rings. The van der Waals surface area contributed by atoms with E-state index in [9.17, 15) is 13.4 Å². The summed E-state index contributed by atoms with van der Waals surface area (Å²) >= 11 is 0. The summed E-state index contributed by atoms with van der Waals surface area (Å²) in [4.78, 5) is 11.8. The summed E-state index contributed by atoms with van der Waals surface area (Å²) in [7, 11) is 0.294. The van der Waals surface area contributed by atoms with Gasteiger partial charge in [0.05, 0.1) is 7.11 Å². The third kappa shape index (κ3) is 6.12. The lowest BCUT2D eigenvalue weighted by molar-refractivity contribution is -0.118. The van der Waals surface area contributed by atoms with Crippen LogP contribution in [0.15, 0.2) is 48.5 Å². The molecule has 0 saturated carbocycles. The van der Waals surface area contributed by atoms with E-state index < -0.39 is 10.8 Å². The normalized spacial score (nSPS) is 11.8. The minimum Gasteiger partial charge on any atom is -0.497 e. The van der Waals surface area contributed by atoms with Crippen LogP contribution in [0.1, 0.15) is 11.1 Å². The van der Waals surface area contributed by atoms with Gasteiger partial charge in [-0.15, -0.1) is 0 Å². The van der Waals surface area contributed by atoms with Crippen molar-refractivity contribution >= 4 is 16.7 Å². The van der Waals surface area contributed by atoms with Gasteiger partial charge in [-0.05, 0) is 41.8 Å². The Morgan fingerprint density at radius 3 is 2.62 bits per heavy atom. The summed E-state index contributed by atoms with van der Waals surface area (Å²) in [6, 6.07) is 13.4. The van der Waals surface area contributed by atoms with E-state index in [4.69, 9.17) is 4.74 Å². The lowest BCUT2D eigenvalue weighted by Gasteiger charge is -2.07. The van der Waals surface area contributed by atoms with Crippen LogP contribution in [0, 0.1) is 5.82 Å². The highest BCUT2D eigenvalue weighted by molar-refractivity contribution is 7.84. The molecule has 0 spiro atoms. The van der Waals surface area contributed by atoms with Crippen LogP contribution in [0.4, 0.5) is 4.39 Å². The van der Waals surface area contributed by atoms with Crippen LogP contribution < -0.4 is 10.1 Å². The van der Waals surface area contributed by atoms with Crippen molar-refractivity contribution in [3.63, 3.8) is 0 Å². The maximum atomic E-state index is 12.8. The third-order valence-corrected chi connectivity index (χ3v) is 4.64. The number of methoxy groups -OCH3 is 1. The van der Waals surface area contributed by atoms with Gasteiger partial charge < -0.3 is 10.1 Å². The van der Waals surface area contributed by atoms with Crippen molar-refractivity contribution in [1.82, 2.24) is 5.32 Å². The fraction of sp³-hybridized carbons (Fsp3) is 0.278. The lowest BCUT2D eigenvalue weighted by atomic mass is 10.1. The van der Waals surface area contributed by atoms with Crippen molar-refractivity contribution in [3.8, 4) is 5.75 Å². The van der Waals surface area contributed by atoms with Crippen LogP contribution in [0.25, 0.3) is 0 Å². The van der Waals surface area contributed by atoms with Gasteiger partial charge in [-0.3, -0.25) is 9.00 Å². The Morgan fingerprint density at radius 1 is 1.17 bits per heavy atom. The van der Waals surface area contributed by atoms with E-state index in [1.54, 1.807) is 19.2 Å². The maximum Gasteiger partial charge on any atom is 0.232 e. The monoisotopic (exact) mass is 349 g/mol. The zero-order valence-electron chi connectivity index (χ0n) is 13.5. The second kappa shape index (κ2) is 9.17. The summed E-state index contributed by atoms with van der Waals surface area (Å²) in [6.45, 7) is 0.431. The van der Waals surface area contributed by atoms with Gasteiger partial charge >= 0.3 is 0 Å². The number of hydrogen-bond donors (Lipinski definition) is 1. The number of benzene rings is 2. The standard InChI is InChI=1S/C18H20FNO3S/c1-23-17-4-2-3-15(11-17)12-24(22)13-18(21)20-10-9-14-5-7-16(19)8-6-14/h2-8,11H,9-10,12-13H2,1H3,(H,20,21). The van der Waals surface area contributed by atoms with E-state index >= 15 is 0 Å². The minimum atomic E-state index is -1.28. The minimum absolute atomic E-state index is 0.0410. The smallest absolute Gasteiger partial charge is 0.232 e. The molecule has 1 unspecified atom stereocenters. The first-order chi connectivity index (χ1) is 11.6. The first kappa shape index (κ1) is 18.1.